The van der Waals surface area contributed by atoms with Gasteiger partial charge in [-0.1, -0.05) is 73.0 Å². The number of carbonyl (C=O) groups excluding carboxylic acids is 2. The third-order valence-corrected chi connectivity index (χ3v) is 4.91. The number of rotatable bonds is 9. The van der Waals surface area contributed by atoms with Crippen molar-refractivity contribution in [1.29, 1.82) is 0 Å². The van der Waals surface area contributed by atoms with Crippen LogP contribution in [0.5, 0.6) is 0 Å². The Morgan fingerprint density at radius 2 is 1.71 bits per heavy atom. The summed E-state index contributed by atoms with van der Waals surface area (Å²) in [5, 5.41) is 2.95. The number of hydrogen-bond acceptors (Lipinski definition) is 2. The highest BCUT2D eigenvalue weighted by molar-refractivity contribution is 5.88. The van der Waals surface area contributed by atoms with E-state index in [0.717, 1.165) is 35.1 Å². The number of benzene rings is 2. The number of hydrogen-bond donors (Lipinski definition) is 1. The maximum Gasteiger partial charge on any atom is 0.242 e. The van der Waals surface area contributed by atoms with E-state index in [1.165, 1.54) is 0 Å². The fourth-order valence-corrected chi connectivity index (χ4v) is 3.11. The average molecular weight is 381 g/mol. The molecule has 1 atom stereocenters. The van der Waals surface area contributed by atoms with E-state index in [1.54, 1.807) is 4.90 Å². The van der Waals surface area contributed by atoms with Gasteiger partial charge in [-0.3, -0.25) is 9.59 Å². The van der Waals surface area contributed by atoms with E-state index in [0.29, 0.717) is 19.5 Å². The topological polar surface area (TPSA) is 49.4 Å². The summed E-state index contributed by atoms with van der Waals surface area (Å²) in [6.45, 7) is 9.02. The van der Waals surface area contributed by atoms with E-state index in [-0.39, 0.29) is 11.8 Å². The SMILES string of the molecule is CCCCNC(=O)[C@@H](C)N(Cc1cccc(C)c1)C(=O)Cc1ccc(C)cc1. The predicted octanol–water partition coefficient (Wildman–Crippen LogP) is 4.18. The Morgan fingerprint density at radius 1 is 1.00 bits per heavy atom. The maximum absolute atomic E-state index is 13.1. The van der Waals surface area contributed by atoms with Crippen LogP contribution < -0.4 is 5.32 Å². The predicted molar refractivity (Wildman–Crippen MR) is 114 cm³/mol. The van der Waals surface area contributed by atoms with Gasteiger partial charge in [0, 0.05) is 13.1 Å². The van der Waals surface area contributed by atoms with Gasteiger partial charge in [-0.05, 0) is 38.3 Å². The minimum absolute atomic E-state index is 0.0384. The molecule has 150 valence electrons. The van der Waals surface area contributed by atoms with Gasteiger partial charge in [0.05, 0.1) is 6.42 Å². The van der Waals surface area contributed by atoms with E-state index >= 15 is 0 Å². The van der Waals surface area contributed by atoms with Crippen LogP contribution in [0.3, 0.4) is 0 Å². The summed E-state index contributed by atoms with van der Waals surface area (Å²) in [7, 11) is 0. The molecule has 28 heavy (non-hydrogen) atoms. The van der Waals surface area contributed by atoms with E-state index in [9.17, 15) is 9.59 Å². The number of nitrogens with one attached hydrogen (secondary N) is 1. The van der Waals surface area contributed by atoms with Crippen LogP contribution in [0.25, 0.3) is 0 Å². The Labute approximate surface area is 169 Å². The third-order valence-electron chi connectivity index (χ3n) is 4.91. The van der Waals surface area contributed by atoms with Crippen molar-refractivity contribution in [2.45, 2.75) is 59.5 Å². The molecule has 0 heterocycles. The lowest BCUT2D eigenvalue weighted by molar-refractivity contribution is -0.140. The molecule has 0 saturated carbocycles. The molecule has 0 bridgehead atoms. The summed E-state index contributed by atoms with van der Waals surface area (Å²) < 4.78 is 0. The zero-order valence-electron chi connectivity index (χ0n) is 17.5. The first kappa shape index (κ1) is 21.7. The van der Waals surface area contributed by atoms with Crippen molar-refractivity contribution >= 4 is 11.8 Å². The first-order chi connectivity index (χ1) is 13.4. The Kier molecular flexibility index (Phi) is 8.24. The fraction of sp³-hybridized carbons (Fsp3) is 0.417. The number of nitrogens with zero attached hydrogens (tertiary/aromatic N) is 1. The molecule has 0 aromatic heterocycles. The molecule has 0 fully saturated rings. The van der Waals surface area contributed by atoms with E-state index in [2.05, 4.69) is 18.3 Å². The van der Waals surface area contributed by atoms with Crippen molar-refractivity contribution in [3.8, 4) is 0 Å². The smallest absolute Gasteiger partial charge is 0.242 e. The Bertz CT molecular complexity index is 783. The summed E-state index contributed by atoms with van der Waals surface area (Å²) in [4.78, 5) is 27.4. The lowest BCUT2D eigenvalue weighted by Crippen LogP contribution is -2.48. The van der Waals surface area contributed by atoms with Crippen molar-refractivity contribution in [2.24, 2.45) is 0 Å². The Hall–Kier alpha value is -2.62. The van der Waals surface area contributed by atoms with Gasteiger partial charge in [0.1, 0.15) is 6.04 Å². The van der Waals surface area contributed by atoms with Crippen molar-refractivity contribution < 1.29 is 9.59 Å². The number of amides is 2. The summed E-state index contributed by atoms with van der Waals surface area (Å²) >= 11 is 0. The second kappa shape index (κ2) is 10.6. The fourth-order valence-electron chi connectivity index (χ4n) is 3.11. The molecule has 1 N–H and O–H groups in total. The van der Waals surface area contributed by atoms with Crippen LogP contribution in [0.4, 0.5) is 0 Å². The van der Waals surface area contributed by atoms with Crippen molar-refractivity contribution in [1.82, 2.24) is 10.2 Å². The van der Waals surface area contributed by atoms with Gasteiger partial charge in [-0.2, -0.15) is 0 Å². The molecule has 0 aliphatic heterocycles. The number of unbranched alkanes of at least 4 members (excludes halogenated alkanes) is 1. The molecule has 0 aliphatic carbocycles. The second-order valence-electron chi connectivity index (χ2n) is 7.49. The highest BCUT2D eigenvalue weighted by Crippen LogP contribution is 2.14. The molecule has 0 unspecified atom stereocenters. The third kappa shape index (κ3) is 6.52. The largest absolute Gasteiger partial charge is 0.354 e. The van der Waals surface area contributed by atoms with Crippen LogP contribution in [0.15, 0.2) is 48.5 Å². The van der Waals surface area contributed by atoms with Gasteiger partial charge in [0.2, 0.25) is 11.8 Å². The molecule has 2 amide bonds. The van der Waals surface area contributed by atoms with Crippen LogP contribution in [-0.4, -0.2) is 29.3 Å². The molecule has 2 aromatic carbocycles. The van der Waals surface area contributed by atoms with Crippen LogP contribution in [0, 0.1) is 13.8 Å². The highest BCUT2D eigenvalue weighted by atomic mass is 16.2. The molecule has 0 saturated heterocycles. The quantitative estimate of drug-likeness (QED) is 0.664. The van der Waals surface area contributed by atoms with Gasteiger partial charge in [0.15, 0.2) is 0 Å². The molecule has 0 radical (unpaired) electrons. The zero-order valence-corrected chi connectivity index (χ0v) is 17.5. The normalized spacial score (nSPS) is 11.7. The van der Waals surface area contributed by atoms with Crippen LogP contribution in [-0.2, 0) is 22.6 Å². The molecule has 0 aliphatic rings. The molecule has 0 spiro atoms. The second-order valence-corrected chi connectivity index (χ2v) is 7.49. The van der Waals surface area contributed by atoms with Crippen LogP contribution in [0.1, 0.15) is 48.9 Å². The first-order valence-corrected chi connectivity index (χ1v) is 10.1. The monoisotopic (exact) mass is 380 g/mol. The van der Waals surface area contributed by atoms with E-state index in [4.69, 9.17) is 0 Å². The standard InChI is InChI=1S/C24H32N2O2/c1-5-6-14-25-24(28)20(4)26(17-22-9-7-8-19(3)15-22)23(27)16-21-12-10-18(2)11-13-21/h7-13,15,20H,5-6,14,16-17H2,1-4H3,(H,25,28)/t20-/m1/s1. The molecule has 2 rings (SSSR count). The molecule has 4 nitrogen and oxygen atoms in total. The van der Waals surface area contributed by atoms with Gasteiger partial charge in [-0.25, -0.2) is 0 Å². The molecule has 4 heteroatoms. The lowest BCUT2D eigenvalue weighted by atomic mass is 10.1. The van der Waals surface area contributed by atoms with Gasteiger partial charge in [0.25, 0.3) is 0 Å². The summed E-state index contributed by atoms with van der Waals surface area (Å²) in [5.41, 5.74) is 4.30. The Balaban J connectivity index is 2.17. The van der Waals surface area contributed by atoms with Crippen molar-refractivity contribution in [2.75, 3.05) is 6.54 Å². The molecular weight excluding hydrogens is 348 g/mol. The van der Waals surface area contributed by atoms with Gasteiger partial charge in [-0.15, -0.1) is 0 Å². The highest BCUT2D eigenvalue weighted by Gasteiger charge is 2.26. The first-order valence-electron chi connectivity index (χ1n) is 10.1. The van der Waals surface area contributed by atoms with Crippen LogP contribution >= 0.6 is 0 Å². The Morgan fingerprint density at radius 3 is 2.36 bits per heavy atom. The lowest BCUT2D eigenvalue weighted by Gasteiger charge is -2.29. The van der Waals surface area contributed by atoms with Crippen molar-refractivity contribution in [3.63, 3.8) is 0 Å². The number of aryl methyl sites for hydroxylation is 2. The zero-order chi connectivity index (χ0) is 20.5. The molecule has 2 aromatic rings. The maximum atomic E-state index is 13.1. The minimum atomic E-state index is -0.518. The van der Waals surface area contributed by atoms with Crippen molar-refractivity contribution in [3.05, 3.63) is 70.8 Å². The van der Waals surface area contributed by atoms with E-state index in [1.807, 2.05) is 63.2 Å². The summed E-state index contributed by atoms with van der Waals surface area (Å²) in [6.07, 6.45) is 2.25. The minimum Gasteiger partial charge on any atom is -0.354 e. The van der Waals surface area contributed by atoms with Gasteiger partial charge < -0.3 is 10.2 Å². The summed E-state index contributed by atoms with van der Waals surface area (Å²) in [5.74, 6) is -0.137. The average Bonchev–Trinajstić information content (AvgIpc) is 2.67. The van der Waals surface area contributed by atoms with E-state index < -0.39 is 6.04 Å². The van der Waals surface area contributed by atoms with Gasteiger partial charge >= 0.3 is 0 Å². The van der Waals surface area contributed by atoms with Crippen LogP contribution in [0.2, 0.25) is 0 Å². The summed E-state index contributed by atoms with van der Waals surface area (Å²) in [6, 6.07) is 15.5. The molecular formula is C24H32N2O2. The number of carbonyl (C=O) groups is 2.